The highest BCUT2D eigenvalue weighted by Gasteiger charge is 1.95. The van der Waals surface area contributed by atoms with Crippen LogP contribution < -0.4 is 0 Å². The standard InChI is InChI=1S/C18H34O2/c1-2-3-4-5-6-7-8-9-10-11-12-13-14-15-16-17-18(19)20/h9-10H,2-8,11-17H2,1H3,(H,19,20)/b10-9-/i1D3,2D2,3D2. The molecule has 0 unspecified atom stereocenters. The van der Waals surface area contributed by atoms with Crippen LogP contribution in [-0.4, -0.2) is 11.1 Å². The van der Waals surface area contributed by atoms with Crippen molar-refractivity contribution in [3.05, 3.63) is 12.2 Å². The van der Waals surface area contributed by atoms with Crippen molar-refractivity contribution < 1.29 is 19.5 Å². The number of carboxylic acid groups (broad SMARTS) is 1. The normalized spacial score (nSPS) is 18.5. The maximum atomic E-state index is 10.4. The molecule has 0 saturated carbocycles. The third-order valence-electron chi connectivity index (χ3n) is 3.19. The van der Waals surface area contributed by atoms with E-state index in [-0.39, 0.29) is 12.8 Å². The minimum Gasteiger partial charge on any atom is -0.481 e. The van der Waals surface area contributed by atoms with Gasteiger partial charge < -0.3 is 5.11 Å². The van der Waals surface area contributed by atoms with E-state index in [0.717, 1.165) is 57.8 Å². The van der Waals surface area contributed by atoms with Crippen molar-refractivity contribution >= 4 is 5.97 Å². The SMILES string of the molecule is [2H]C([2H])([2H])C([2H])([2H])C([2H])([2H])CCCCC/C=C\CCCCCCCC(=O)O. The van der Waals surface area contributed by atoms with E-state index in [9.17, 15) is 4.79 Å². The molecule has 0 aromatic carbocycles. The van der Waals surface area contributed by atoms with Crippen molar-refractivity contribution in [1.82, 2.24) is 0 Å². The van der Waals surface area contributed by atoms with Crippen molar-refractivity contribution in [1.29, 1.82) is 0 Å². The molecule has 0 heterocycles. The molecular weight excluding hydrogens is 248 g/mol. The van der Waals surface area contributed by atoms with E-state index in [1.54, 1.807) is 0 Å². The monoisotopic (exact) mass is 289 g/mol. The summed E-state index contributed by atoms with van der Waals surface area (Å²) in [5.41, 5.74) is 0. The van der Waals surface area contributed by atoms with Gasteiger partial charge in [0.25, 0.3) is 0 Å². The first-order valence-electron chi connectivity index (χ1n) is 11.3. The fraction of sp³-hybridized carbons (Fsp3) is 0.833. The van der Waals surface area contributed by atoms with Crippen molar-refractivity contribution in [2.45, 2.75) is 96.6 Å². The van der Waals surface area contributed by atoms with Crippen LogP contribution in [0.5, 0.6) is 0 Å². The van der Waals surface area contributed by atoms with Crippen LogP contribution in [0.15, 0.2) is 12.2 Å². The third kappa shape index (κ3) is 17.2. The van der Waals surface area contributed by atoms with Gasteiger partial charge in [0.05, 0.1) is 0 Å². The molecule has 0 fully saturated rings. The summed E-state index contributed by atoms with van der Waals surface area (Å²) >= 11 is 0. The molecule has 0 aliphatic heterocycles. The maximum absolute atomic E-state index is 10.4. The van der Waals surface area contributed by atoms with Gasteiger partial charge in [0.15, 0.2) is 0 Å². The van der Waals surface area contributed by atoms with Crippen molar-refractivity contribution in [3.8, 4) is 0 Å². The van der Waals surface area contributed by atoms with Gasteiger partial charge in [0.1, 0.15) is 0 Å². The number of allylic oxidation sites excluding steroid dienone is 2. The van der Waals surface area contributed by atoms with E-state index in [0.29, 0.717) is 6.42 Å². The number of carbonyl (C=O) groups is 1. The van der Waals surface area contributed by atoms with E-state index >= 15 is 0 Å². The Kier molecular flexibility index (Phi) is 8.15. The van der Waals surface area contributed by atoms with E-state index < -0.39 is 25.6 Å². The molecule has 0 aliphatic rings. The number of rotatable bonds is 15. The first-order valence-corrected chi connectivity index (χ1v) is 7.78. The van der Waals surface area contributed by atoms with Crippen molar-refractivity contribution in [2.24, 2.45) is 0 Å². The Morgan fingerprint density at radius 1 is 0.950 bits per heavy atom. The summed E-state index contributed by atoms with van der Waals surface area (Å²) in [5.74, 6) is -0.731. The minimum atomic E-state index is -2.96. The second kappa shape index (κ2) is 16.3. The number of unbranched alkanes of at least 4 members (excludes halogenated alkanes) is 8. The van der Waals surface area contributed by atoms with Gasteiger partial charge in [-0.25, -0.2) is 0 Å². The first kappa shape index (κ1) is 10.0. The fourth-order valence-electron chi connectivity index (χ4n) is 2.02. The van der Waals surface area contributed by atoms with Crippen LogP contribution in [0, 0.1) is 0 Å². The summed E-state index contributed by atoms with van der Waals surface area (Å²) in [5, 5.41) is 8.53. The molecule has 0 atom stereocenters. The Bertz CT molecular complexity index is 445. The van der Waals surface area contributed by atoms with Gasteiger partial charge in [-0.2, -0.15) is 0 Å². The summed E-state index contributed by atoms with van der Waals surface area (Å²) in [6.45, 7) is -2.96. The van der Waals surface area contributed by atoms with Gasteiger partial charge in [-0.15, -0.1) is 0 Å². The zero-order valence-corrected chi connectivity index (χ0v) is 12.5. The molecule has 2 nitrogen and oxygen atoms in total. The third-order valence-corrected chi connectivity index (χ3v) is 3.19. The zero-order valence-electron chi connectivity index (χ0n) is 19.5. The lowest BCUT2D eigenvalue weighted by Gasteiger charge is -1.99. The van der Waals surface area contributed by atoms with Gasteiger partial charge in [0.2, 0.25) is 0 Å². The van der Waals surface area contributed by atoms with Crippen LogP contribution in [-0.2, 0) is 4.79 Å². The molecule has 0 bridgehead atoms. The molecule has 0 aromatic rings. The lowest BCUT2D eigenvalue weighted by atomic mass is 10.1. The van der Waals surface area contributed by atoms with E-state index in [4.69, 9.17) is 14.7 Å². The Labute approximate surface area is 135 Å². The summed E-state index contributed by atoms with van der Waals surface area (Å²) in [4.78, 5) is 10.4. The number of hydrogen-bond donors (Lipinski definition) is 1. The highest BCUT2D eigenvalue weighted by atomic mass is 16.4. The van der Waals surface area contributed by atoms with E-state index in [1.165, 1.54) is 0 Å². The molecule has 0 rings (SSSR count). The Balaban J connectivity index is 3.69. The molecule has 0 amide bonds. The summed E-state index contributed by atoms with van der Waals surface area (Å²) < 4.78 is 52.1. The minimum absolute atomic E-state index is 0.0933. The smallest absolute Gasteiger partial charge is 0.303 e. The first-order chi connectivity index (χ1) is 12.4. The lowest BCUT2D eigenvalue weighted by Crippen LogP contribution is -1.93. The molecule has 2 heteroatoms. The van der Waals surface area contributed by atoms with Crippen molar-refractivity contribution in [3.63, 3.8) is 0 Å². The molecule has 0 aliphatic carbocycles. The van der Waals surface area contributed by atoms with E-state index in [2.05, 4.69) is 12.2 Å². The van der Waals surface area contributed by atoms with Crippen LogP contribution in [0.2, 0.25) is 0 Å². The molecule has 0 radical (unpaired) electrons. The second-order valence-electron chi connectivity index (χ2n) is 5.07. The Hall–Kier alpha value is -0.790. The van der Waals surface area contributed by atoms with Crippen LogP contribution in [0.3, 0.4) is 0 Å². The highest BCUT2D eigenvalue weighted by Crippen LogP contribution is 2.09. The summed E-state index contributed by atoms with van der Waals surface area (Å²) in [6.07, 6.45) is 8.11. The molecule has 0 aromatic heterocycles. The van der Waals surface area contributed by atoms with Crippen molar-refractivity contribution in [2.75, 3.05) is 0 Å². The van der Waals surface area contributed by atoms with Gasteiger partial charge in [0, 0.05) is 16.0 Å². The maximum Gasteiger partial charge on any atom is 0.303 e. The summed E-state index contributed by atoms with van der Waals surface area (Å²) in [6, 6.07) is 0. The van der Waals surface area contributed by atoms with Crippen LogP contribution in [0.4, 0.5) is 0 Å². The van der Waals surface area contributed by atoms with Gasteiger partial charge >= 0.3 is 5.97 Å². The Morgan fingerprint density at radius 3 is 2.10 bits per heavy atom. The molecule has 118 valence electrons. The van der Waals surface area contributed by atoms with Gasteiger partial charge in [-0.05, 0) is 32.1 Å². The van der Waals surface area contributed by atoms with Crippen LogP contribution in [0.25, 0.3) is 0 Å². The summed E-state index contributed by atoms with van der Waals surface area (Å²) in [7, 11) is 0. The molecule has 0 saturated heterocycles. The van der Waals surface area contributed by atoms with Gasteiger partial charge in [-0.1, -0.05) is 70.3 Å². The molecule has 20 heavy (non-hydrogen) atoms. The fourth-order valence-corrected chi connectivity index (χ4v) is 2.02. The molecule has 1 N–H and O–H groups in total. The van der Waals surface area contributed by atoms with Crippen LogP contribution in [0.1, 0.15) is 106 Å². The van der Waals surface area contributed by atoms with E-state index in [1.807, 2.05) is 0 Å². The average molecular weight is 290 g/mol. The van der Waals surface area contributed by atoms with Gasteiger partial charge in [-0.3, -0.25) is 4.79 Å². The number of carboxylic acids is 1. The zero-order chi connectivity index (χ0) is 21.0. The van der Waals surface area contributed by atoms with Crippen LogP contribution >= 0.6 is 0 Å². The number of hydrogen-bond acceptors (Lipinski definition) is 1. The number of aliphatic carboxylic acids is 1. The second-order valence-corrected chi connectivity index (χ2v) is 5.07. The predicted molar refractivity (Wildman–Crippen MR) is 87.1 cm³/mol. The lowest BCUT2D eigenvalue weighted by molar-refractivity contribution is -0.137. The predicted octanol–water partition coefficient (Wildman–Crippen LogP) is 6.11. The highest BCUT2D eigenvalue weighted by molar-refractivity contribution is 5.66. The molecule has 0 spiro atoms. The average Bonchev–Trinajstić information content (AvgIpc) is 2.53. The quantitative estimate of drug-likeness (QED) is 0.292. The topological polar surface area (TPSA) is 37.3 Å². The Morgan fingerprint density at radius 2 is 1.50 bits per heavy atom. The molecular formula is C18H34O2. The largest absolute Gasteiger partial charge is 0.481 e.